The molecule has 13 heavy (non-hydrogen) atoms. The van der Waals surface area contributed by atoms with Crippen molar-refractivity contribution in [1.29, 1.82) is 0 Å². The molecule has 0 heterocycles. The fourth-order valence-corrected chi connectivity index (χ4v) is 1.04. The van der Waals surface area contributed by atoms with Crippen LogP contribution in [0.1, 0.15) is 11.1 Å². The van der Waals surface area contributed by atoms with Crippen molar-refractivity contribution in [2.24, 2.45) is 0 Å². The Morgan fingerprint density at radius 3 is 1.77 bits per heavy atom. The fraction of sp³-hybridized carbons (Fsp3) is 0.333. The Morgan fingerprint density at radius 2 is 1.31 bits per heavy atom. The third-order valence-electron chi connectivity index (χ3n) is 2.02. The van der Waals surface area contributed by atoms with Crippen LogP contribution in [-0.2, 0) is 0 Å². The van der Waals surface area contributed by atoms with Crippen LogP contribution in [0.3, 0.4) is 0 Å². The van der Waals surface area contributed by atoms with Crippen LogP contribution in [0.4, 0.5) is 13.2 Å². The normalized spacial score (nSPS) is 10.3. The molecular weight excluding hydrogens is 181 g/mol. The van der Waals surface area contributed by atoms with E-state index in [1.54, 1.807) is 0 Å². The van der Waals surface area contributed by atoms with Crippen molar-refractivity contribution in [2.45, 2.75) is 13.8 Å². The van der Waals surface area contributed by atoms with Crippen molar-refractivity contribution in [3.8, 4) is 5.75 Å². The van der Waals surface area contributed by atoms with Gasteiger partial charge in [-0.1, -0.05) is 0 Å². The van der Waals surface area contributed by atoms with Crippen LogP contribution in [-0.4, -0.2) is 7.11 Å². The summed E-state index contributed by atoms with van der Waals surface area (Å²) in [6, 6.07) is 0. The average molecular weight is 190 g/mol. The summed E-state index contributed by atoms with van der Waals surface area (Å²) in [4.78, 5) is 0. The summed E-state index contributed by atoms with van der Waals surface area (Å²) in [6.45, 7) is 2.69. The lowest BCUT2D eigenvalue weighted by Crippen LogP contribution is -2.02. The summed E-state index contributed by atoms with van der Waals surface area (Å²) in [5.41, 5.74) is 0.0338. The Bertz CT molecular complexity index is 318. The first kappa shape index (κ1) is 9.89. The maximum atomic E-state index is 13.2. The van der Waals surface area contributed by atoms with Crippen LogP contribution < -0.4 is 4.74 Å². The van der Waals surface area contributed by atoms with Gasteiger partial charge in [-0.05, 0) is 25.0 Å². The van der Waals surface area contributed by atoms with Crippen LogP contribution in [0.2, 0.25) is 0 Å². The smallest absolute Gasteiger partial charge is 0.203 e. The molecule has 0 unspecified atom stereocenters. The van der Waals surface area contributed by atoms with E-state index in [1.807, 2.05) is 0 Å². The topological polar surface area (TPSA) is 9.23 Å². The summed E-state index contributed by atoms with van der Waals surface area (Å²) in [5, 5.41) is 0. The SMILES string of the molecule is COc1c(F)c(C)c(C)c(F)c1F. The second kappa shape index (κ2) is 3.28. The van der Waals surface area contributed by atoms with Gasteiger partial charge in [-0.3, -0.25) is 0 Å². The lowest BCUT2D eigenvalue weighted by Gasteiger charge is -2.09. The molecule has 0 aliphatic carbocycles. The highest BCUT2D eigenvalue weighted by Gasteiger charge is 2.20. The maximum Gasteiger partial charge on any atom is 0.203 e. The van der Waals surface area contributed by atoms with Gasteiger partial charge in [0.15, 0.2) is 17.4 Å². The highest BCUT2D eigenvalue weighted by atomic mass is 19.2. The van der Waals surface area contributed by atoms with Gasteiger partial charge in [0, 0.05) is 0 Å². The summed E-state index contributed by atoms with van der Waals surface area (Å²) >= 11 is 0. The quantitative estimate of drug-likeness (QED) is 0.618. The van der Waals surface area contributed by atoms with Gasteiger partial charge in [-0.15, -0.1) is 0 Å². The molecule has 0 aliphatic rings. The Morgan fingerprint density at radius 1 is 0.846 bits per heavy atom. The number of benzene rings is 1. The zero-order valence-electron chi connectivity index (χ0n) is 7.54. The number of ether oxygens (including phenoxy) is 1. The van der Waals surface area contributed by atoms with Crippen LogP contribution in [0.25, 0.3) is 0 Å². The molecule has 0 saturated heterocycles. The maximum absolute atomic E-state index is 13.2. The molecule has 1 rings (SSSR count). The van der Waals surface area contributed by atoms with E-state index in [0.717, 1.165) is 7.11 Å². The van der Waals surface area contributed by atoms with Crippen LogP contribution in [0.15, 0.2) is 0 Å². The first-order chi connectivity index (χ1) is 6.00. The van der Waals surface area contributed by atoms with Gasteiger partial charge in [-0.25, -0.2) is 8.78 Å². The number of methoxy groups -OCH3 is 1. The minimum atomic E-state index is -1.27. The molecule has 0 aliphatic heterocycles. The van der Waals surface area contributed by atoms with E-state index in [0.29, 0.717) is 0 Å². The molecule has 0 amide bonds. The first-order valence-corrected chi connectivity index (χ1v) is 3.68. The molecular formula is C9H9F3O. The summed E-state index contributed by atoms with van der Waals surface area (Å²) < 4.78 is 43.5. The number of halogens is 3. The summed E-state index contributed by atoms with van der Waals surface area (Å²) in [6.07, 6.45) is 0. The predicted molar refractivity (Wildman–Crippen MR) is 42.3 cm³/mol. The van der Waals surface area contributed by atoms with Crippen LogP contribution in [0.5, 0.6) is 5.75 Å². The molecule has 1 aromatic carbocycles. The molecule has 0 aromatic heterocycles. The molecule has 0 saturated carbocycles. The van der Waals surface area contributed by atoms with Crippen molar-refractivity contribution in [3.05, 3.63) is 28.6 Å². The molecule has 4 heteroatoms. The van der Waals surface area contributed by atoms with Gasteiger partial charge in [0.1, 0.15) is 0 Å². The van der Waals surface area contributed by atoms with Gasteiger partial charge < -0.3 is 4.74 Å². The molecule has 0 fully saturated rings. The van der Waals surface area contributed by atoms with Gasteiger partial charge in [-0.2, -0.15) is 4.39 Å². The van der Waals surface area contributed by atoms with Crippen molar-refractivity contribution >= 4 is 0 Å². The highest BCUT2D eigenvalue weighted by Crippen LogP contribution is 2.29. The standard InChI is InChI=1S/C9H9F3O/c1-4-5(2)7(11)9(13-3)8(12)6(4)10/h1-3H3. The van der Waals surface area contributed by atoms with E-state index in [1.165, 1.54) is 13.8 Å². The van der Waals surface area contributed by atoms with E-state index in [2.05, 4.69) is 4.74 Å². The number of hydrogen-bond donors (Lipinski definition) is 0. The molecule has 1 aromatic rings. The molecule has 72 valence electrons. The van der Waals surface area contributed by atoms with E-state index in [4.69, 9.17) is 0 Å². The van der Waals surface area contributed by atoms with E-state index < -0.39 is 23.2 Å². The average Bonchev–Trinajstić information content (AvgIpc) is 2.13. The largest absolute Gasteiger partial charge is 0.491 e. The van der Waals surface area contributed by atoms with E-state index in [9.17, 15) is 13.2 Å². The first-order valence-electron chi connectivity index (χ1n) is 3.68. The summed E-state index contributed by atoms with van der Waals surface area (Å²) in [7, 11) is 1.09. The molecule has 0 spiro atoms. The minimum Gasteiger partial charge on any atom is -0.491 e. The third kappa shape index (κ3) is 1.36. The zero-order chi connectivity index (χ0) is 10.2. The Hall–Kier alpha value is -1.19. The Balaban J connectivity index is 3.56. The molecule has 0 atom stereocenters. The molecule has 0 bridgehead atoms. The van der Waals surface area contributed by atoms with Gasteiger partial charge >= 0.3 is 0 Å². The lowest BCUT2D eigenvalue weighted by molar-refractivity contribution is 0.344. The number of hydrogen-bond acceptors (Lipinski definition) is 1. The van der Waals surface area contributed by atoms with Crippen molar-refractivity contribution < 1.29 is 17.9 Å². The van der Waals surface area contributed by atoms with Crippen LogP contribution >= 0.6 is 0 Å². The monoisotopic (exact) mass is 190 g/mol. The third-order valence-corrected chi connectivity index (χ3v) is 2.02. The van der Waals surface area contributed by atoms with Gasteiger partial charge in [0.2, 0.25) is 5.82 Å². The zero-order valence-corrected chi connectivity index (χ0v) is 7.54. The number of rotatable bonds is 1. The molecule has 0 radical (unpaired) electrons. The minimum absolute atomic E-state index is 0.0317. The Kier molecular flexibility index (Phi) is 2.50. The van der Waals surface area contributed by atoms with Crippen molar-refractivity contribution in [3.63, 3.8) is 0 Å². The van der Waals surface area contributed by atoms with E-state index in [-0.39, 0.29) is 11.1 Å². The van der Waals surface area contributed by atoms with Crippen LogP contribution in [0, 0.1) is 31.3 Å². The van der Waals surface area contributed by atoms with E-state index >= 15 is 0 Å². The fourth-order valence-electron chi connectivity index (χ4n) is 1.04. The van der Waals surface area contributed by atoms with Crippen molar-refractivity contribution in [2.75, 3.05) is 7.11 Å². The highest BCUT2D eigenvalue weighted by molar-refractivity contribution is 5.38. The Labute approximate surface area is 74.1 Å². The molecule has 0 N–H and O–H groups in total. The molecule has 1 nitrogen and oxygen atoms in total. The second-order valence-corrected chi connectivity index (χ2v) is 2.73. The van der Waals surface area contributed by atoms with Gasteiger partial charge in [0.05, 0.1) is 7.11 Å². The predicted octanol–water partition coefficient (Wildman–Crippen LogP) is 2.73. The van der Waals surface area contributed by atoms with Crippen molar-refractivity contribution in [1.82, 2.24) is 0 Å². The van der Waals surface area contributed by atoms with Gasteiger partial charge in [0.25, 0.3) is 0 Å². The second-order valence-electron chi connectivity index (χ2n) is 2.73. The summed E-state index contributed by atoms with van der Waals surface area (Å²) in [5.74, 6) is -3.85. The lowest BCUT2D eigenvalue weighted by atomic mass is 10.1.